The van der Waals surface area contributed by atoms with Gasteiger partial charge >= 0.3 is 0 Å². The fourth-order valence-electron chi connectivity index (χ4n) is 4.24. The molecule has 0 radical (unpaired) electrons. The van der Waals surface area contributed by atoms with Crippen LogP contribution in [0.4, 0.5) is 0 Å². The van der Waals surface area contributed by atoms with Crippen LogP contribution in [0.2, 0.25) is 5.02 Å². The van der Waals surface area contributed by atoms with Crippen molar-refractivity contribution in [3.05, 3.63) is 64.2 Å². The molecule has 1 amide bonds. The highest BCUT2D eigenvalue weighted by Crippen LogP contribution is 2.41. The molecular weight excluding hydrogens is 444 g/mol. The summed E-state index contributed by atoms with van der Waals surface area (Å²) >= 11 is 6.07. The van der Waals surface area contributed by atoms with Gasteiger partial charge in [-0.15, -0.1) is 0 Å². The molecule has 174 valence electrons. The summed E-state index contributed by atoms with van der Waals surface area (Å²) in [6.07, 6.45) is 0. The van der Waals surface area contributed by atoms with Crippen molar-refractivity contribution in [2.45, 2.75) is 19.9 Å². The monoisotopic (exact) mass is 470 g/mol. The zero-order chi connectivity index (χ0) is 23.5. The molecule has 0 saturated carbocycles. The van der Waals surface area contributed by atoms with Crippen LogP contribution < -0.4 is 9.47 Å². The first-order chi connectivity index (χ1) is 15.9. The first-order valence-electron chi connectivity index (χ1n) is 11.1. The molecule has 8 heteroatoms. The molecule has 2 heterocycles. The number of ether oxygens (including phenoxy) is 2. The quantitative estimate of drug-likeness (QED) is 0.376. The molecule has 0 aromatic heterocycles. The van der Waals surface area contributed by atoms with Gasteiger partial charge in [0.15, 0.2) is 11.5 Å². The number of likely N-dealkylation sites (tertiary alicyclic amines) is 1. The molecule has 0 aliphatic carbocycles. The lowest BCUT2D eigenvalue weighted by Crippen LogP contribution is -2.38. The van der Waals surface area contributed by atoms with Crippen LogP contribution in [0.1, 0.15) is 31.0 Å². The normalized spacial score (nSPS) is 19.4. The van der Waals surface area contributed by atoms with Crippen LogP contribution in [0.25, 0.3) is 5.76 Å². The molecule has 33 heavy (non-hydrogen) atoms. The van der Waals surface area contributed by atoms with Crippen LogP contribution in [0, 0.1) is 0 Å². The number of hydrogen-bond donors (Lipinski definition) is 1. The topological polar surface area (TPSA) is 79.3 Å². The van der Waals surface area contributed by atoms with Crippen molar-refractivity contribution in [2.24, 2.45) is 0 Å². The second kappa shape index (κ2) is 9.85. The Morgan fingerprint density at radius 3 is 2.39 bits per heavy atom. The second-order valence-electron chi connectivity index (χ2n) is 7.93. The summed E-state index contributed by atoms with van der Waals surface area (Å²) in [5.41, 5.74) is 1.15. The molecule has 1 saturated heterocycles. The Bertz CT molecular complexity index is 1080. The number of halogens is 1. The minimum Gasteiger partial charge on any atom is -0.507 e. The maximum absolute atomic E-state index is 13.1. The molecule has 2 aliphatic rings. The van der Waals surface area contributed by atoms with Crippen molar-refractivity contribution in [3.8, 4) is 11.5 Å². The predicted molar refractivity (Wildman–Crippen MR) is 126 cm³/mol. The smallest absolute Gasteiger partial charge is 0.295 e. The Morgan fingerprint density at radius 1 is 1.06 bits per heavy atom. The Kier molecular flexibility index (Phi) is 6.91. The third-order valence-electron chi connectivity index (χ3n) is 6.09. The number of likely N-dealkylation sites (N-methyl/N-ethyl adjacent to an activating group) is 1. The van der Waals surface area contributed by atoms with Crippen LogP contribution in [-0.2, 0) is 9.59 Å². The maximum atomic E-state index is 13.1. The third-order valence-corrected chi connectivity index (χ3v) is 6.34. The van der Waals surface area contributed by atoms with E-state index in [1.54, 1.807) is 42.5 Å². The van der Waals surface area contributed by atoms with Gasteiger partial charge < -0.3 is 24.4 Å². The Hall–Kier alpha value is -3.03. The Labute approximate surface area is 198 Å². The van der Waals surface area contributed by atoms with Crippen molar-refractivity contribution in [1.82, 2.24) is 9.80 Å². The van der Waals surface area contributed by atoms with E-state index in [1.807, 2.05) is 0 Å². The average Bonchev–Trinajstić information content (AvgIpc) is 3.09. The average molecular weight is 471 g/mol. The lowest BCUT2D eigenvalue weighted by molar-refractivity contribution is -0.140. The molecule has 7 nitrogen and oxygen atoms in total. The number of ketones is 1. The number of fused-ring (bicyclic) bond motifs is 1. The summed E-state index contributed by atoms with van der Waals surface area (Å²) in [4.78, 5) is 29.9. The third kappa shape index (κ3) is 4.56. The summed E-state index contributed by atoms with van der Waals surface area (Å²) in [6.45, 7) is 7.61. The van der Waals surface area contributed by atoms with Gasteiger partial charge in [-0.2, -0.15) is 0 Å². The van der Waals surface area contributed by atoms with Crippen LogP contribution in [-0.4, -0.2) is 66.0 Å². The number of Topliss-reactive ketones (excluding diaryl/α,β-unsaturated/α-hetero) is 1. The zero-order valence-electron chi connectivity index (χ0n) is 18.7. The Morgan fingerprint density at radius 2 is 1.73 bits per heavy atom. The maximum Gasteiger partial charge on any atom is 0.295 e. The lowest BCUT2D eigenvalue weighted by atomic mass is 9.95. The summed E-state index contributed by atoms with van der Waals surface area (Å²) in [7, 11) is 0. The van der Waals surface area contributed by atoms with E-state index in [0.717, 1.165) is 13.1 Å². The Balaban J connectivity index is 1.78. The van der Waals surface area contributed by atoms with Gasteiger partial charge in [0.05, 0.1) is 11.6 Å². The number of rotatable bonds is 7. The van der Waals surface area contributed by atoms with E-state index in [9.17, 15) is 14.7 Å². The van der Waals surface area contributed by atoms with Gasteiger partial charge in [0.1, 0.15) is 19.0 Å². The predicted octanol–water partition coefficient (Wildman–Crippen LogP) is 3.87. The molecule has 0 bridgehead atoms. The summed E-state index contributed by atoms with van der Waals surface area (Å²) in [5, 5.41) is 11.8. The molecule has 2 aromatic rings. The van der Waals surface area contributed by atoms with E-state index in [4.69, 9.17) is 21.1 Å². The van der Waals surface area contributed by atoms with Crippen molar-refractivity contribution in [1.29, 1.82) is 0 Å². The molecule has 1 N–H and O–H groups in total. The zero-order valence-corrected chi connectivity index (χ0v) is 19.5. The SMILES string of the molecule is CCN(CC)CCN1C(=O)C(=O)/C(=C(/O)c2ccc3c(c2)OCCO3)C1c1ccc(Cl)cc1. The fraction of sp³-hybridized carbons (Fsp3) is 0.360. The highest BCUT2D eigenvalue weighted by Gasteiger charge is 2.46. The number of benzene rings is 2. The number of carbonyl (C=O) groups is 2. The van der Waals surface area contributed by atoms with Crippen LogP contribution >= 0.6 is 11.6 Å². The summed E-state index contributed by atoms with van der Waals surface area (Å²) < 4.78 is 11.2. The number of nitrogens with zero attached hydrogens (tertiary/aromatic N) is 2. The van der Waals surface area contributed by atoms with Crippen molar-refractivity contribution < 1.29 is 24.2 Å². The molecule has 1 unspecified atom stereocenters. The highest BCUT2D eigenvalue weighted by molar-refractivity contribution is 6.46. The largest absolute Gasteiger partial charge is 0.507 e. The molecule has 2 aliphatic heterocycles. The van der Waals surface area contributed by atoms with Gasteiger partial charge in [-0.05, 0) is 49.0 Å². The van der Waals surface area contributed by atoms with Crippen LogP contribution in [0.3, 0.4) is 0 Å². The van der Waals surface area contributed by atoms with E-state index in [-0.39, 0.29) is 11.3 Å². The molecule has 1 atom stereocenters. The first kappa shape index (κ1) is 23.1. The molecule has 1 fully saturated rings. The van der Waals surface area contributed by atoms with Gasteiger partial charge in [0.2, 0.25) is 0 Å². The molecule has 2 aromatic carbocycles. The van der Waals surface area contributed by atoms with Gasteiger partial charge in [0.25, 0.3) is 11.7 Å². The number of amides is 1. The minimum absolute atomic E-state index is 0.0542. The summed E-state index contributed by atoms with van der Waals surface area (Å²) in [6, 6.07) is 11.2. The fourth-order valence-corrected chi connectivity index (χ4v) is 4.36. The first-order valence-corrected chi connectivity index (χ1v) is 11.5. The standard InChI is InChI=1S/C25H27ClN2O5/c1-3-27(4-2)11-12-28-22(16-5-8-18(26)9-6-16)21(24(30)25(28)31)23(29)17-7-10-19-20(15-17)33-14-13-32-19/h5-10,15,22,29H,3-4,11-14H2,1-2H3/b23-21+. The van der Waals surface area contributed by atoms with Gasteiger partial charge in [0, 0.05) is 23.7 Å². The van der Waals surface area contributed by atoms with Crippen molar-refractivity contribution in [2.75, 3.05) is 39.4 Å². The number of aliphatic hydroxyl groups is 1. The summed E-state index contributed by atoms with van der Waals surface area (Å²) in [5.74, 6) is -0.505. The number of carbonyl (C=O) groups excluding carboxylic acids is 2. The highest BCUT2D eigenvalue weighted by atomic mass is 35.5. The lowest BCUT2D eigenvalue weighted by Gasteiger charge is -2.28. The molecule has 4 rings (SSSR count). The number of aliphatic hydroxyl groups excluding tert-OH is 1. The van der Waals surface area contributed by atoms with Crippen molar-refractivity contribution in [3.63, 3.8) is 0 Å². The van der Waals surface area contributed by atoms with Crippen LogP contribution in [0.15, 0.2) is 48.0 Å². The van der Waals surface area contributed by atoms with E-state index >= 15 is 0 Å². The van der Waals surface area contributed by atoms with E-state index in [2.05, 4.69) is 18.7 Å². The van der Waals surface area contributed by atoms with Crippen molar-refractivity contribution >= 4 is 29.1 Å². The van der Waals surface area contributed by atoms with Gasteiger partial charge in [-0.3, -0.25) is 9.59 Å². The van der Waals surface area contributed by atoms with Gasteiger partial charge in [-0.1, -0.05) is 37.6 Å². The van der Waals surface area contributed by atoms with E-state index in [1.165, 1.54) is 4.90 Å². The second-order valence-corrected chi connectivity index (χ2v) is 8.37. The van der Waals surface area contributed by atoms with E-state index in [0.29, 0.717) is 54.0 Å². The number of hydrogen-bond acceptors (Lipinski definition) is 6. The van der Waals surface area contributed by atoms with Gasteiger partial charge in [-0.25, -0.2) is 0 Å². The minimum atomic E-state index is -0.717. The van der Waals surface area contributed by atoms with Crippen LogP contribution in [0.5, 0.6) is 11.5 Å². The van der Waals surface area contributed by atoms with E-state index < -0.39 is 17.7 Å². The molecule has 0 spiro atoms. The molecular formula is C25H27ClN2O5.